The average Bonchev–Trinajstić information content (AvgIpc) is 2.70. The first-order valence-electron chi connectivity index (χ1n) is 9.03. The first-order valence-corrected chi connectivity index (χ1v) is 9.03. The van der Waals surface area contributed by atoms with Gasteiger partial charge < -0.3 is 20.2 Å². The van der Waals surface area contributed by atoms with E-state index >= 15 is 0 Å². The molecule has 1 saturated heterocycles. The molecule has 0 spiro atoms. The summed E-state index contributed by atoms with van der Waals surface area (Å²) in [6.07, 6.45) is 1.66. The van der Waals surface area contributed by atoms with Gasteiger partial charge in [0.2, 0.25) is 0 Å². The van der Waals surface area contributed by atoms with Gasteiger partial charge in [-0.15, -0.1) is 0 Å². The summed E-state index contributed by atoms with van der Waals surface area (Å²) in [5.41, 5.74) is 0.849. The largest absolute Gasteiger partial charge is 0.506 e. The molecule has 3 aromatic rings. The normalized spacial score (nSPS) is 15.1. The molecule has 27 heavy (non-hydrogen) atoms. The lowest BCUT2D eigenvalue weighted by molar-refractivity contribution is 0.102. The smallest absolute Gasteiger partial charge is 0.259 e. The zero-order valence-electron chi connectivity index (χ0n) is 15.2. The summed E-state index contributed by atoms with van der Waals surface area (Å²) in [4.78, 5) is 21.6. The topological polar surface area (TPSA) is 68.7 Å². The second-order valence-corrected chi connectivity index (χ2v) is 6.83. The third kappa shape index (κ3) is 3.57. The standard InChI is InChI=1S/C21H22N4O2/c1-24-10-12-25(13-11-24)19-9-7-16(14-22-19)23-21(27)18-8-6-15-4-2-3-5-17(15)20(18)26/h2-9,14,26H,10-13H2,1H3,(H,23,27). The number of amides is 1. The molecule has 6 heteroatoms. The van der Waals surface area contributed by atoms with Crippen molar-refractivity contribution in [3.8, 4) is 5.75 Å². The van der Waals surface area contributed by atoms with E-state index in [1.165, 1.54) is 0 Å². The van der Waals surface area contributed by atoms with Crippen LogP contribution in [-0.2, 0) is 0 Å². The monoisotopic (exact) mass is 362 g/mol. The van der Waals surface area contributed by atoms with Gasteiger partial charge in [-0.3, -0.25) is 4.79 Å². The van der Waals surface area contributed by atoms with Crippen LogP contribution < -0.4 is 10.2 Å². The lowest BCUT2D eigenvalue weighted by Crippen LogP contribution is -2.44. The molecule has 1 aliphatic heterocycles. The van der Waals surface area contributed by atoms with Crippen molar-refractivity contribution in [1.82, 2.24) is 9.88 Å². The molecule has 4 rings (SSSR count). The molecular weight excluding hydrogens is 340 g/mol. The number of hydrogen-bond donors (Lipinski definition) is 2. The van der Waals surface area contributed by atoms with Crippen LogP contribution >= 0.6 is 0 Å². The number of phenolic OH excluding ortho intramolecular Hbond substituents is 1. The number of carbonyl (C=O) groups is 1. The zero-order chi connectivity index (χ0) is 18.8. The van der Waals surface area contributed by atoms with E-state index in [9.17, 15) is 9.90 Å². The minimum absolute atomic E-state index is 0.00684. The zero-order valence-corrected chi connectivity index (χ0v) is 15.2. The third-order valence-corrected chi connectivity index (χ3v) is 4.98. The van der Waals surface area contributed by atoms with Crippen molar-refractivity contribution in [1.29, 1.82) is 0 Å². The quantitative estimate of drug-likeness (QED) is 0.750. The Morgan fingerprint density at radius 1 is 1.04 bits per heavy atom. The van der Waals surface area contributed by atoms with Gasteiger partial charge in [-0.1, -0.05) is 30.3 Å². The molecule has 6 nitrogen and oxygen atoms in total. The van der Waals surface area contributed by atoms with Crippen molar-refractivity contribution in [3.05, 3.63) is 60.3 Å². The summed E-state index contributed by atoms with van der Waals surface area (Å²) >= 11 is 0. The van der Waals surface area contributed by atoms with Crippen LogP contribution in [0.3, 0.4) is 0 Å². The summed E-state index contributed by atoms with van der Waals surface area (Å²) in [7, 11) is 2.12. The number of fused-ring (bicyclic) bond motifs is 1. The van der Waals surface area contributed by atoms with Crippen molar-refractivity contribution in [2.75, 3.05) is 43.4 Å². The molecule has 1 fully saturated rings. The Hall–Kier alpha value is -3.12. The number of rotatable bonds is 3. The lowest BCUT2D eigenvalue weighted by Gasteiger charge is -2.33. The van der Waals surface area contributed by atoms with Crippen LogP contribution in [0, 0.1) is 0 Å². The minimum atomic E-state index is -0.354. The second kappa shape index (κ2) is 7.25. The first-order chi connectivity index (χ1) is 13.1. The van der Waals surface area contributed by atoms with Crippen molar-refractivity contribution in [3.63, 3.8) is 0 Å². The van der Waals surface area contributed by atoms with Gasteiger partial charge in [0.05, 0.1) is 17.4 Å². The molecule has 2 heterocycles. The molecule has 1 aromatic heterocycles. The number of aromatic hydroxyl groups is 1. The fourth-order valence-corrected chi connectivity index (χ4v) is 3.32. The number of pyridine rings is 1. The molecule has 2 N–H and O–H groups in total. The van der Waals surface area contributed by atoms with E-state index in [0.29, 0.717) is 11.1 Å². The predicted octanol–water partition coefficient (Wildman–Crippen LogP) is 2.94. The number of hydrogen-bond acceptors (Lipinski definition) is 5. The summed E-state index contributed by atoms with van der Waals surface area (Å²) in [6.45, 7) is 3.92. The number of aromatic nitrogens is 1. The lowest BCUT2D eigenvalue weighted by atomic mass is 10.0. The van der Waals surface area contributed by atoms with Gasteiger partial charge >= 0.3 is 0 Å². The fraction of sp³-hybridized carbons (Fsp3) is 0.238. The van der Waals surface area contributed by atoms with E-state index in [2.05, 4.69) is 27.1 Å². The highest BCUT2D eigenvalue weighted by Gasteiger charge is 2.16. The SMILES string of the molecule is CN1CCN(c2ccc(NC(=O)c3ccc4ccccc4c3O)cn2)CC1. The van der Waals surface area contributed by atoms with Gasteiger partial charge in [0, 0.05) is 31.6 Å². The van der Waals surface area contributed by atoms with Gasteiger partial charge in [0.1, 0.15) is 11.6 Å². The van der Waals surface area contributed by atoms with E-state index in [1.54, 1.807) is 18.3 Å². The number of nitrogens with one attached hydrogen (secondary N) is 1. The number of anilines is 2. The fourth-order valence-electron chi connectivity index (χ4n) is 3.32. The number of piperazine rings is 1. The van der Waals surface area contributed by atoms with Crippen LogP contribution in [0.25, 0.3) is 10.8 Å². The maximum Gasteiger partial charge on any atom is 0.259 e. The molecule has 0 bridgehead atoms. The Morgan fingerprint density at radius 2 is 1.81 bits per heavy atom. The number of phenols is 1. The van der Waals surface area contributed by atoms with Gasteiger partial charge in [-0.25, -0.2) is 4.98 Å². The molecule has 138 valence electrons. The number of carbonyl (C=O) groups excluding carboxylic acids is 1. The molecule has 1 aliphatic rings. The van der Waals surface area contributed by atoms with Crippen LogP contribution in [0.5, 0.6) is 5.75 Å². The summed E-state index contributed by atoms with van der Waals surface area (Å²) in [6, 6.07) is 14.7. The first kappa shape index (κ1) is 17.3. The van der Waals surface area contributed by atoms with E-state index in [1.807, 2.05) is 36.4 Å². The highest BCUT2D eigenvalue weighted by Crippen LogP contribution is 2.29. The average molecular weight is 362 g/mol. The van der Waals surface area contributed by atoms with Crippen LogP contribution in [0.15, 0.2) is 54.7 Å². The Balaban J connectivity index is 1.49. The van der Waals surface area contributed by atoms with Crippen LogP contribution in [0.2, 0.25) is 0 Å². The van der Waals surface area contributed by atoms with E-state index in [0.717, 1.165) is 37.4 Å². The summed E-state index contributed by atoms with van der Waals surface area (Å²) in [5.74, 6) is 0.551. The number of likely N-dealkylation sites (N-methyl/N-ethyl adjacent to an activating group) is 1. The van der Waals surface area contributed by atoms with Gasteiger partial charge in [-0.05, 0) is 30.6 Å². The molecular formula is C21H22N4O2. The van der Waals surface area contributed by atoms with Crippen molar-refractivity contribution in [2.45, 2.75) is 0 Å². The van der Waals surface area contributed by atoms with Gasteiger partial charge in [0.25, 0.3) is 5.91 Å². The Bertz CT molecular complexity index is 964. The number of nitrogens with zero attached hydrogens (tertiary/aromatic N) is 3. The molecule has 1 amide bonds. The Morgan fingerprint density at radius 3 is 2.56 bits per heavy atom. The molecule has 0 atom stereocenters. The second-order valence-electron chi connectivity index (χ2n) is 6.83. The molecule has 0 saturated carbocycles. The predicted molar refractivity (Wildman–Crippen MR) is 108 cm³/mol. The Labute approximate surface area is 158 Å². The maximum absolute atomic E-state index is 12.6. The number of benzene rings is 2. The summed E-state index contributed by atoms with van der Waals surface area (Å²) in [5, 5.41) is 14.8. The van der Waals surface area contributed by atoms with E-state index in [-0.39, 0.29) is 17.2 Å². The van der Waals surface area contributed by atoms with Crippen LogP contribution in [-0.4, -0.2) is 54.1 Å². The van der Waals surface area contributed by atoms with Crippen molar-refractivity contribution in [2.24, 2.45) is 0 Å². The van der Waals surface area contributed by atoms with Gasteiger partial charge in [0.15, 0.2) is 0 Å². The van der Waals surface area contributed by atoms with E-state index < -0.39 is 0 Å². The molecule has 0 unspecified atom stereocenters. The third-order valence-electron chi connectivity index (χ3n) is 4.98. The maximum atomic E-state index is 12.6. The highest BCUT2D eigenvalue weighted by molar-refractivity contribution is 6.09. The Kier molecular flexibility index (Phi) is 4.64. The molecule has 0 aliphatic carbocycles. The molecule has 2 aromatic carbocycles. The summed E-state index contributed by atoms with van der Waals surface area (Å²) < 4.78 is 0. The highest BCUT2D eigenvalue weighted by atomic mass is 16.3. The van der Waals surface area contributed by atoms with Gasteiger partial charge in [-0.2, -0.15) is 0 Å². The van der Waals surface area contributed by atoms with Crippen LogP contribution in [0.1, 0.15) is 10.4 Å². The van der Waals surface area contributed by atoms with Crippen molar-refractivity contribution >= 4 is 28.2 Å². The van der Waals surface area contributed by atoms with E-state index in [4.69, 9.17) is 0 Å². The van der Waals surface area contributed by atoms with Crippen molar-refractivity contribution < 1.29 is 9.90 Å². The van der Waals surface area contributed by atoms with Crippen LogP contribution in [0.4, 0.5) is 11.5 Å². The molecule has 0 radical (unpaired) electrons. The minimum Gasteiger partial charge on any atom is -0.506 e.